The van der Waals surface area contributed by atoms with Crippen molar-refractivity contribution in [1.82, 2.24) is 0 Å². The number of aryl methyl sites for hydroxylation is 2. The second kappa shape index (κ2) is 18.4. The number of hydrogen-bond donors (Lipinski definition) is 1. The molecule has 0 radical (unpaired) electrons. The summed E-state index contributed by atoms with van der Waals surface area (Å²) < 4.78 is 0. The molecule has 0 fully saturated rings. The first kappa shape index (κ1) is 30.9. The fraction of sp³-hybridized carbons (Fsp3) is 0.333. The van der Waals surface area contributed by atoms with Crippen molar-refractivity contribution in [2.45, 2.75) is 73.6 Å². The van der Waals surface area contributed by atoms with Crippen molar-refractivity contribution in [3.05, 3.63) is 125 Å². The van der Waals surface area contributed by atoms with Gasteiger partial charge in [-0.2, -0.15) is 0 Å². The van der Waals surface area contributed by atoms with Gasteiger partial charge in [-0.15, -0.1) is 6.58 Å². The Kier molecular flexibility index (Phi) is 16.7. The Morgan fingerprint density at radius 3 is 1.82 bits per heavy atom. The summed E-state index contributed by atoms with van der Waals surface area (Å²) in [5.41, 5.74) is 14.2. The van der Waals surface area contributed by atoms with Gasteiger partial charge in [-0.05, 0) is 71.1 Å². The molecule has 0 bridgehead atoms. The minimum atomic E-state index is 0.437. The highest BCUT2D eigenvalue weighted by Gasteiger charge is 2.16. The molecule has 34 heavy (non-hydrogen) atoms. The second-order valence-electron chi connectivity index (χ2n) is 8.49. The molecule has 2 aromatic carbocycles. The van der Waals surface area contributed by atoms with E-state index in [1.54, 1.807) is 6.08 Å². The van der Waals surface area contributed by atoms with Crippen molar-refractivity contribution in [3.63, 3.8) is 0 Å². The summed E-state index contributed by atoms with van der Waals surface area (Å²) in [5.74, 6) is 0.437. The van der Waals surface area contributed by atoms with Crippen LogP contribution in [0.3, 0.4) is 0 Å². The molecule has 1 unspecified atom stereocenters. The Hall–Kier alpha value is -3.06. The first-order valence-corrected chi connectivity index (χ1v) is 12.3. The van der Waals surface area contributed by atoms with Crippen LogP contribution in [0, 0.1) is 13.8 Å². The molecule has 1 nitrogen and oxygen atoms in total. The zero-order chi connectivity index (χ0) is 25.9. The number of nitrogens with two attached hydrogens (primary N) is 1. The molecule has 2 N–H and O–H groups in total. The van der Waals surface area contributed by atoms with Gasteiger partial charge in [-0.1, -0.05) is 116 Å². The van der Waals surface area contributed by atoms with Gasteiger partial charge in [-0.25, -0.2) is 0 Å². The van der Waals surface area contributed by atoms with E-state index in [1.807, 2.05) is 6.92 Å². The maximum Gasteiger partial charge on any atom is 0.0314 e. The predicted molar refractivity (Wildman–Crippen MR) is 156 cm³/mol. The van der Waals surface area contributed by atoms with E-state index in [0.29, 0.717) is 11.6 Å². The summed E-state index contributed by atoms with van der Waals surface area (Å²) in [6.45, 7) is 21.9. The van der Waals surface area contributed by atoms with Gasteiger partial charge in [-0.3, -0.25) is 0 Å². The van der Waals surface area contributed by atoms with E-state index in [2.05, 4.69) is 128 Å². The zero-order valence-electron chi connectivity index (χ0n) is 22.7. The fourth-order valence-electron chi connectivity index (χ4n) is 3.56. The molecule has 184 valence electrons. The molecule has 0 aliphatic carbocycles. The third-order valence-electron chi connectivity index (χ3n) is 5.42. The van der Waals surface area contributed by atoms with Crippen LogP contribution >= 0.6 is 0 Å². The van der Waals surface area contributed by atoms with Crippen LogP contribution < -0.4 is 5.73 Å². The van der Waals surface area contributed by atoms with Crippen LogP contribution in [-0.4, -0.2) is 0 Å². The molecule has 0 saturated heterocycles. The summed E-state index contributed by atoms with van der Waals surface area (Å²) in [4.78, 5) is 0. The summed E-state index contributed by atoms with van der Waals surface area (Å²) in [6, 6.07) is 17.0. The van der Waals surface area contributed by atoms with Crippen LogP contribution in [0.1, 0.15) is 82.1 Å². The molecule has 0 heterocycles. The van der Waals surface area contributed by atoms with Gasteiger partial charge in [0, 0.05) is 11.6 Å². The van der Waals surface area contributed by atoms with E-state index in [1.165, 1.54) is 27.8 Å². The highest BCUT2D eigenvalue weighted by Crippen LogP contribution is 2.34. The zero-order valence-corrected chi connectivity index (χ0v) is 22.7. The average Bonchev–Trinajstić information content (AvgIpc) is 2.82. The van der Waals surface area contributed by atoms with Crippen molar-refractivity contribution < 1.29 is 0 Å². The SMILES string of the molecule is C=C(N)c1ccc(C(CCC)C(=C/C)/C(C)=C/C/C=C/C)cc1.C=CC.Cc1ccc(C)cc1. The van der Waals surface area contributed by atoms with E-state index >= 15 is 0 Å². The van der Waals surface area contributed by atoms with Crippen molar-refractivity contribution in [2.24, 2.45) is 5.73 Å². The summed E-state index contributed by atoms with van der Waals surface area (Å²) in [7, 11) is 0. The molecular weight excluding hydrogens is 410 g/mol. The van der Waals surface area contributed by atoms with E-state index in [-0.39, 0.29) is 0 Å². The molecule has 0 saturated carbocycles. The Morgan fingerprint density at radius 1 is 0.941 bits per heavy atom. The normalized spacial score (nSPS) is 12.2. The maximum atomic E-state index is 5.78. The Balaban J connectivity index is 0.000000813. The first-order chi connectivity index (χ1) is 16.2. The summed E-state index contributed by atoms with van der Waals surface area (Å²) in [5, 5.41) is 0. The third-order valence-corrected chi connectivity index (χ3v) is 5.42. The highest BCUT2D eigenvalue weighted by molar-refractivity contribution is 5.60. The molecule has 0 amide bonds. The number of benzene rings is 2. The van der Waals surface area contributed by atoms with Gasteiger partial charge in [0.25, 0.3) is 0 Å². The van der Waals surface area contributed by atoms with Crippen LogP contribution in [0.2, 0.25) is 0 Å². The van der Waals surface area contributed by atoms with Crippen molar-refractivity contribution in [2.75, 3.05) is 0 Å². The summed E-state index contributed by atoms with van der Waals surface area (Å²) in [6.07, 6.45) is 13.9. The van der Waals surface area contributed by atoms with E-state index in [9.17, 15) is 0 Å². The lowest BCUT2D eigenvalue weighted by Gasteiger charge is -2.22. The second-order valence-corrected chi connectivity index (χ2v) is 8.49. The van der Waals surface area contributed by atoms with E-state index in [0.717, 1.165) is 24.8 Å². The van der Waals surface area contributed by atoms with Crippen LogP contribution in [0.25, 0.3) is 5.70 Å². The largest absolute Gasteiger partial charge is 0.399 e. The molecule has 1 atom stereocenters. The van der Waals surface area contributed by atoms with Gasteiger partial charge in [0.2, 0.25) is 0 Å². The average molecular weight is 458 g/mol. The number of rotatable bonds is 8. The molecule has 0 aliphatic heterocycles. The van der Waals surface area contributed by atoms with E-state index < -0.39 is 0 Å². The standard InChI is InChI=1S/C22H31N.C8H10.C3H6/c1-6-9-10-12-17(4)21(8-3)22(11-7-2)20-15-13-19(14-16-20)18(5)23;1-7-3-5-8(2)6-4-7;1-3-2/h6,8-9,12-16,22H,5,7,10-11,23H2,1-4H3;3-6H,1-2H3;3H,1H2,2H3/b9-6+,17-12+,21-8+;;. The fourth-order valence-corrected chi connectivity index (χ4v) is 3.56. The van der Waals surface area contributed by atoms with Crippen molar-refractivity contribution >= 4 is 5.70 Å². The van der Waals surface area contributed by atoms with Crippen LogP contribution in [0.15, 0.2) is 103 Å². The number of allylic oxidation sites excluding steroid dienone is 7. The molecular formula is C33H47N. The lowest BCUT2D eigenvalue weighted by atomic mass is 9.83. The first-order valence-electron chi connectivity index (χ1n) is 12.3. The molecule has 0 spiro atoms. The van der Waals surface area contributed by atoms with Crippen molar-refractivity contribution in [3.8, 4) is 0 Å². The Labute approximate surface area is 210 Å². The van der Waals surface area contributed by atoms with Gasteiger partial charge in [0.15, 0.2) is 0 Å². The highest BCUT2D eigenvalue weighted by atomic mass is 14.6. The van der Waals surface area contributed by atoms with Gasteiger partial charge in [0.1, 0.15) is 0 Å². The molecule has 0 aliphatic rings. The monoisotopic (exact) mass is 457 g/mol. The molecule has 0 aromatic heterocycles. The molecule has 2 rings (SSSR count). The van der Waals surface area contributed by atoms with Gasteiger partial charge < -0.3 is 5.73 Å². The van der Waals surface area contributed by atoms with Crippen LogP contribution in [0.5, 0.6) is 0 Å². The topological polar surface area (TPSA) is 26.0 Å². The molecule has 2 aromatic rings. The minimum Gasteiger partial charge on any atom is -0.399 e. The van der Waals surface area contributed by atoms with E-state index in [4.69, 9.17) is 5.73 Å². The third kappa shape index (κ3) is 12.3. The quantitative estimate of drug-likeness (QED) is 0.310. The lowest BCUT2D eigenvalue weighted by molar-refractivity contribution is 0.689. The lowest BCUT2D eigenvalue weighted by Crippen LogP contribution is -2.05. The maximum absolute atomic E-state index is 5.78. The minimum absolute atomic E-state index is 0.437. The van der Waals surface area contributed by atoms with Crippen molar-refractivity contribution in [1.29, 1.82) is 0 Å². The predicted octanol–water partition coefficient (Wildman–Crippen LogP) is 9.85. The van der Waals surface area contributed by atoms with Crippen LogP contribution in [-0.2, 0) is 0 Å². The van der Waals surface area contributed by atoms with Gasteiger partial charge >= 0.3 is 0 Å². The Bertz CT molecular complexity index is 901. The smallest absolute Gasteiger partial charge is 0.0314 e. The Morgan fingerprint density at radius 2 is 1.44 bits per heavy atom. The summed E-state index contributed by atoms with van der Waals surface area (Å²) >= 11 is 0. The molecule has 1 heteroatoms. The van der Waals surface area contributed by atoms with Crippen LogP contribution in [0.4, 0.5) is 0 Å². The van der Waals surface area contributed by atoms with Gasteiger partial charge in [0.05, 0.1) is 0 Å². The number of hydrogen-bond acceptors (Lipinski definition) is 1.